The van der Waals surface area contributed by atoms with E-state index >= 15 is 0 Å². The first kappa shape index (κ1) is 12.1. The fraction of sp³-hybridized carbons (Fsp3) is 0.0833. The summed E-state index contributed by atoms with van der Waals surface area (Å²) in [7, 11) is 0. The van der Waals surface area contributed by atoms with Crippen molar-refractivity contribution in [1.29, 1.82) is 0 Å². The first-order valence-corrected chi connectivity index (χ1v) is 7.00. The highest BCUT2D eigenvalue weighted by Gasteiger charge is 2.08. The molecule has 1 aromatic carbocycles. The van der Waals surface area contributed by atoms with E-state index in [1.54, 1.807) is 11.3 Å². The van der Waals surface area contributed by atoms with E-state index in [1.807, 2.05) is 35.7 Å². The van der Waals surface area contributed by atoms with E-state index in [0.29, 0.717) is 11.4 Å². The van der Waals surface area contributed by atoms with Crippen LogP contribution in [-0.2, 0) is 6.42 Å². The molecule has 0 aliphatic heterocycles. The number of rotatable bonds is 3. The number of carbonyl (C=O) groups excluding carboxylic acids is 1. The summed E-state index contributed by atoms with van der Waals surface area (Å²) in [5, 5.41) is 2.60. The molecule has 0 N–H and O–H groups in total. The molecule has 0 saturated heterocycles. The molecule has 0 unspecified atom stereocenters. The molecule has 1 nitrogen and oxygen atoms in total. The van der Waals surface area contributed by atoms with Crippen LogP contribution in [0.3, 0.4) is 0 Å². The van der Waals surface area contributed by atoms with E-state index in [9.17, 15) is 4.79 Å². The Morgan fingerprint density at radius 3 is 2.56 bits per heavy atom. The van der Waals surface area contributed by atoms with Crippen LogP contribution in [-0.4, -0.2) is 5.78 Å². The van der Waals surface area contributed by atoms with Crippen LogP contribution < -0.4 is 0 Å². The quantitative estimate of drug-likeness (QED) is 0.583. The number of Topliss-reactive ketones (excluding diaryl/α,β-unsaturated/α-hetero) is 1. The molecule has 2 rings (SSSR count). The smallest absolute Gasteiger partial charge is 0.168 e. The van der Waals surface area contributed by atoms with Gasteiger partial charge in [0.1, 0.15) is 0 Å². The molecule has 1 aromatic heterocycles. The number of thiophene rings is 1. The van der Waals surface area contributed by atoms with Crippen LogP contribution in [0.5, 0.6) is 0 Å². The zero-order valence-electron chi connectivity index (χ0n) is 8.24. The summed E-state index contributed by atoms with van der Waals surface area (Å²) in [5.74, 6) is 0.154. The van der Waals surface area contributed by atoms with E-state index in [2.05, 4.69) is 22.6 Å². The molecule has 0 fully saturated rings. The predicted molar refractivity (Wildman–Crippen MR) is 76.5 cm³/mol. The number of hydrogen-bond acceptors (Lipinski definition) is 2. The Labute approximate surface area is 117 Å². The second-order valence-corrected chi connectivity index (χ2v) is 6.61. The standard InChI is InChI=1S/C12H8ClIOS/c13-10-3-1-8(2-4-10)5-11(15)9-6-12(14)16-7-9/h1-4,6-7H,5H2. The van der Waals surface area contributed by atoms with Crippen LogP contribution in [0.1, 0.15) is 15.9 Å². The fourth-order valence-electron chi connectivity index (χ4n) is 1.35. The fourth-order valence-corrected chi connectivity index (χ4v) is 2.82. The number of ketones is 1. The second kappa shape index (κ2) is 5.29. The van der Waals surface area contributed by atoms with Gasteiger partial charge in [0.2, 0.25) is 0 Å². The Hall–Kier alpha value is -0.390. The first-order chi connectivity index (χ1) is 7.65. The highest BCUT2D eigenvalue weighted by molar-refractivity contribution is 14.1. The van der Waals surface area contributed by atoms with Crippen molar-refractivity contribution in [3.05, 3.63) is 54.7 Å². The van der Waals surface area contributed by atoms with Gasteiger partial charge in [-0.25, -0.2) is 0 Å². The maximum Gasteiger partial charge on any atom is 0.168 e. The number of hydrogen-bond donors (Lipinski definition) is 0. The summed E-state index contributed by atoms with van der Waals surface area (Å²) in [6.45, 7) is 0. The molecule has 82 valence electrons. The van der Waals surface area contributed by atoms with Crippen molar-refractivity contribution in [3.63, 3.8) is 0 Å². The Morgan fingerprint density at radius 1 is 1.31 bits per heavy atom. The summed E-state index contributed by atoms with van der Waals surface area (Å²) in [6.07, 6.45) is 0.435. The lowest BCUT2D eigenvalue weighted by Gasteiger charge is -1.99. The molecule has 0 atom stereocenters. The van der Waals surface area contributed by atoms with E-state index in [0.717, 1.165) is 14.0 Å². The SMILES string of the molecule is O=C(Cc1ccc(Cl)cc1)c1csc(I)c1. The van der Waals surface area contributed by atoms with Crippen LogP contribution in [0.2, 0.25) is 5.02 Å². The molecule has 0 saturated carbocycles. The van der Waals surface area contributed by atoms with E-state index in [4.69, 9.17) is 11.6 Å². The molecular formula is C12H8ClIOS. The van der Waals surface area contributed by atoms with Gasteiger partial charge in [0.05, 0.1) is 2.88 Å². The lowest BCUT2D eigenvalue weighted by atomic mass is 10.1. The molecule has 2 aromatic rings. The van der Waals surface area contributed by atoms with Crippen LogP contribution in [0.25, 0.3) is 0 Å². The van der Waals surface area contributed by atoms with Crippen molar-refractivity contribution in [1.82, 2.24) is 0 Å². The maximum atomic E-state index is 11.9. The van der Waals surface area contributed by atoms with Crippen LogP contribution in [0.4, 0.5) is 0 Å². The number of halogens is 2. The normalized spacial score (nSPS) is 10.4. The molecule has 0 aliphatic rings. The molecule has 16 heavy (non-hydrogen) atoms. The van der Waals surface area contributed by atoms with Gasteiger partial charge < -0.3 is 0 Å². The van der Waals surface area contributed by atoms with Gasteiger partial charge in [0.15, 0.2) is 5.78 Å². The van der Waals surface area contributed by atoms with Crippen molar-refractivity contribution < 1.29 is 4.79 Å². The highest BCUT2D eigenvalue weighted by atomic mass is 127. The summed E-state index contributed by atoms with van der Waals surface area (Å²) in [5.41, 5.74) is 1.79. The Balaban J connectivity index is 2.10. The minimum atomic E-state index is 0.154. The lowest BCUT2D eigenvalue weighted by molar-refractivity contribution is 0.0993. The number of benzene rings is 1. The molecule has 0 amide bonds. The third-order valence-corrected chi connectivity index (χ3v) is 4.21. The Kier molecular flexibility index (Phi) is 4.00. The maximum absolute atomic E-state index is 11.9. The van der Waals surface area contributed by atoms with Gasteiger partial charge in [-0.05, 0) is 46.4 Å². The van der Waals surface area contributed by atoms with E-state index in [-0.39, 0.29) is 5.78 Å². The monoisotopic (exact) mass is 362 g/mol. The summed E-state index contributed by atoms with van der Waals surface area (Å²) < 4.78 is 1.14. The van der Waals surface area contributed by atoms with Crippen molar-refractivity contribution in [2.75, 3.05) is 0 Å². The summed E-state index contributed by atoms with van der Waals surface area (Å²) >= 11 is 9.59. The van der Waals surface area contributed by atoms with Gasteiger partial charge in [0, 0.05) is 22.4 Å². The van der Waals surface area contributed by atoms with Crippen molar-refractivity contribution in [3.8, 4) is 0 Å². The minimum Gasteiger partial charge on any atom is -0.294 e. The van der Waals surface area contributed by atoms with E-state index in [1.165, 1.54) is 0 Å². The molecule has 0 spiro atoms. The van der Waals surface area contributed by atoms with Crippen molar-refractivity contribution in [2.45, 2.75) is 6.42 Å². The summed E-state index contributed by atoms with van der Waals surface area (Å²) in [4.78, 5) is 11.9. The molecule has 4 heteroatoms. The van der Waals surface area contributed by atoms with Gasteiger partial charge in [-0.3, -0.25) is 4.79 Å². The van der Waals surface area contributed by atoms with Gasteiger partial charge in [0.25, 0.3) is 0 Å². The average Bonchev–Trinajstić information content (AvgIpc) is 2.68. The third kappa shape index (κ3) is 3.06. The van der Waals surface area contributed by atoms with Gasteiger partial charge >= 0.3 is 0 Å². The molecule has 0 radical (unpaired) electrons. The third-order valence-electron chi connectivity index (χ3n) is 2.17. The van der Waals surface area contributed by atoms with Crippen LogP contribution >= 0.6 is 45.5 Å². The zero-order chi connectivity index (χ0) is 11.5. The summed E-state index contributed by atoms with van der Waals surface area (Å²) in [6, 6.07) is 9.31. The van der Waals surface area contributed by atoms with Gasteiger partial charge in [-0.2, -0.15) is 0 Å². The average molecular weight is 363 g/mol. The Bertz CT molecular complexity index is 504. The largest absolute Gasteiger partial charge is 0.294 e. The number of carbonyl (C=O) groups is 1. The minimum absolute atomic E-state index is 0.154. The van der Waals surface area contributed by atoms with Crippen molar-refractivity contribution >= 4 is 51.3 Å². The predicted octanol–water partition coefficient (Wildman–Crippen LogP) is 4.43. The van der Waals surface area contributed by atoms with Crippen LogP contribution in [0, 0.1) is 2.88 Å². The van der Waals surface area contributed by atoms with Gasteiger partial charge in [-0.15, -0.1) is 11.3 Å². The highest BCUT2D eigenvalue weighted by Crippen LogP contribution is 2.19. The first-order valence-electron chi connectivity index (χ1n) is 4.67. The van der Waals surface area contributed by atoms with E-state index < -0.39 is 0 Å². The Morgan fingerprint density at radius 2 is 2.00 bits per heavy atom. The van der Waals surface area contributed by atoms with Crippen LogP contribution in [0.15, 0.2) is 35.7 Å². The molecule has 0 aliphatic carbocycles. The molecule has 0 bridgehead atoms. The topological polar surface area (TPSA) is 17.1 Å². The van der Waals surface area contributed by atoms with Crippen molar-refractivity contribution in [2.24, 2.45) is 0 Å². The zero-order valence-corrected chi connectivity index (χ0v) is 12.0. The lowest BCUT2D eigenvalue weighted by Crippen LogP contribution is -2.01. The molecule has 1 heterocycles. The molecular weight excluding hydrogens is 355 g/mol. The second-order valence-electron chi connectivity index (χ2n) is 3.37. The van der Waals surface area contributed by atoms with Gasteiger partial charge in [-0.1, -0.05) is 23.7 Å².